The molecule has 116 valence electrons. The van der Waals surface area contributed by atoms with Gasteiger partial charge in [0, 0.05) is 31.0 Å². The smallest absolute Gasteiger partial charge is 0.272 e. The Bertz CT molecular complexity index is 461. The summed E-state index contributed by atoms with van der Waals surface area (Å²) in [5.74, 6) is 0.0840. The van der Waals surface area contributed by atoms with Crippen LogP contribution in [0, 0.1) is 0 Å². The van der Waals surface area contributed by atoms with E-state index in [-0.39, 0.29) is 5.91 Å². The summed E-state index contributed by atoms with van der Waals surface area (Å²) in [7, 11) is 0. The van der Waals surface area contributed by atoms with Crippen molar-refractivity contribution in [1.29, 1.82) is 0 Å². The van der Waals surface area contributed by atoms with E-state index in [1.165, 1.54) is 6.42 Å². The Morgan fingerprint density at radius 2 is 2.29 bits per heavy atom. The van der Waals surface area contributed by atoms with Crippen LogP contribution < -0.4 is 5.32 Å². The van der Waals surface area contributed by atoms with E-state index in [0.29, 0.717) is 11.7 Å². The third kappa shape index (κ3) is 4.19. The number of amides is 1. The lowest BCUT2D eigenvalue weighted by molar-refractivity contribution is 0.0602. The Kier molecular flexibility index (Phi) is 6.03. The van der Waals surface area contributed by atoms with Crippen LogP contribution in [0.5, 0.6) is 0 Å². The summed E-state index contributed by atoms with van der Waals surface area (Å²) in [6.45, 7) is 6.14. The van der Waals surface area contributed by atoms with Gasteiger partial charge in [-0.1, -0.05) is 20.3 Å². The van der Waals surface area contributed by atoms with Crippen LogP contribution in [0.2, 0.25) is 0 Å². The predicted octanol–water partition coefficient (Wildman–Crippen LogP) is 3.70. The fourth-order valence-electron chi connectivity index (χ4n) is 2.91. The summed E-state index contributed by atoms with van der Waals surface area (Å²) in [5.41, 5.74) is 1.56. The van der Waals surface area contributed by atoms with E-state index in [2.05, 4.69) is 24.1 Å². The van der Waals surface area contributed by atoms with Crippen molar-refractivity contribution >= 4 is 11.6 Å². The van der Waals surface area contributed by atoms with Gasteiger partial charge in [0.25, 0.3) is 5.91 Å². The third-order valence-electron chi connectivity index (χ3n) is 4.20. The van der Waals surface area contributed by atoms with Gasteiger partial charge in [-0.05, 0) is 44.2 Å². The SMILES string of the molecule is CCCCNc1ccnc(C(=O)N2CCCCC2CC)c1. The lowest BCUT2D eigenvalue weighted by atomic mass is 9.99. The molecule has 2 rings (SSSR count). The van der Waals surface area contributed by atoms with Gasteiger partial charge in [-0.25, -0.2) is 0 Å². The van der Waals surface area contributed by atoms with Crippen molar-refractivity contribution in [2.24, 2.45) is 0 Å². The fourth-order valence-corrected chi connectivity index (χ4v) is 2.91. The number of pyridine rings is 1. The van der Waals surface area contributed by atoms with Crippen LogP contribution in [-0.4, -0.2) is 34.9 Å². The number of piperidine rings is 1. The second-order valence-corrected chi connectivity index (χ2v) is 5.77. The summed E-state index contributed by atoms with van der Waals surface area (Å²) in [4.78, 5) is 19.0. The molecule has 1 atom stereocenters. The van der Waals surface area contributed by atoms with Crippen molar-refractivity contribution in [2.75, 3.05) is 18.4 Å². The topological polar surface area (TPSA) is 45.2 Å². The van der Waals surface area contributed by atoms with Gasteiger partial charge in [0.15, 0.2) is 0 Å². The molecule has 0 aliphatic carbocycles. The molecule has 1 aliphatic heterocycles. The van der Waals surface area contributed by atoms with Crippen molar-refractivity contribution in [2.45, 2.75) is 58.4 Å². The van der Waals surface area contributed by atoms with Crippen LogP contribution in [0.15, 0.2) is 18.3 Å². The number of carbonyl (C=O) groups excluding carboxylic acids is 1. The molecule has 1 fully saturated rings. The highest BCUT2D eigenvalue weighted by Crippen LogP contribution is 2.22. The molecule has 0 bridgehead atoms. The fraction of sp³-hybridized carbons (Fsp3) is 0.647. The lowest BCUT2D eigenvalue weighted by Gasteiger charge is -2.35. The maximum Gasteiger partial charge on any atom is 0.272 e. The van der Waals surface area contributed by atoms with Gasteiger partial charge < -0.3 is 10.2 Å². The average molecular weight is 289 g/mol. The van der Waals surface area contributed by atoms with E-state index in [9.17, 15) is 4.79 Å². The van der Waals surface area contributed by atoms with E-state index < -0.39 is 0 Å². The molecule has 1 aliphatic rings. The van der Waals surface area contributed by atoms with Crippen molar-refractivity contribution in [3.05, 3.63) is 24.0 Å². The Hall–Kier alpha value is -1.58. The summed E-state index contributed by atoms with van der Waals surface area (Å²) < 4.78 is 0. The minimum Gasteiger partial charge on any atom is -0.385 e. The van der Waals surface area contributed by atoms with Gasteiger partial charge in [0.1, 0.15) is 5.69 Å². The molecular formula is C17H27N3O. The first-order chi connectivity index (χ1) is 10.3. The van der Waals surface area contributed by atoms with Gasteiger partial charge in [0.2, 0.25) is 0 Å². The molecule has 1 aromatic heterocycles. The first kappa shape index (κ1) is 15.8. The second kappa shape index (κ2) is 8.01. The number of hydrogen-bond acceptors (Lipinski definition) is 3. The maximum absolute atomic E-state index is 12.7. The van der Waals surface area contributed by atoms with Crippen molar-refractivity contribution in [3.8, 4) is 0 Å². The average Bonchev–Trinajstić information content (AvgIpc) is 2.54. The van der Waals surface area contributed by atoms with Crippen LogP contribution in [0.4, 0.5) is 5.69 Å². The highest BCUT2D eigenvalue weighted by molar-refractivity contribution is 5.93. The zero-order chi connectivity index (χ0) is 15.1. The molecule has 21 heavy (non-hydrogen) atoms. The number of anilines is 1. The predicted molar refractivity (Wildman–Crippen MR) is 86.6 cm³/mol. The number of unbranched alkanes of at least 4 members (excludes halogenated alkanes) is 1. The number of carbonyl (C=O) groups is 1. The Morgan fingerprint density at radius 1 is 1.43 bits per heavy atom. The van der Waals surface area contributed by atoms with E-state index in [1.807, 2.05) is 17.0 Å². The largest absolute Gasteiger partial charge is 0.385 e. The monoisotopic (exact) mass is 289 g/mol. The first-order valence-electron chi connectivity index (χ1n) is 8.27. The summed E-state index contributed by atoms with van der Waals surface area (Å²) in [6.07, 6.45) is 8.51. The zero-order valence-electron chi connectivity index (χ0n) is 13.3. The number of likely N-dealkylation sites (tertiary alicyclic amines) is 1. The molecule has 1 saturated heterocycles. The Balaban J connectivity index is 2.05. The van der Waals surface area contributed by atoms with Gasteiger partial charge in [-0.3, -0.25) is 9.78 Å². The number of nitrogens with one attached hydrogen (secondary N) is 1. The Labute approximate surface area is 127 Å². The molecular weight excluding hydrogens is 262 g/mol. The highest BCUT2D eigenvalue weighted by Gasteiger charge is 2.26. The van der Waals surface area contributed by atoms with E-state index in [4.69, 9.17) is 0 Å². The molecule has 4 heteroatoms. The van der Waals surface area contributed by atoms with Crippen LogP contribution in [0.3, 0.4) is 0 Å². The third-order valence-corrected chi connectivity index (χ3v) is 4.20. The van der Waals surface area contributed by atoms with Crippen molar-refractivity contribution in [1.82, 2.24) is 9.88 Å². The number of rotatable bonds is 6. The van der Waals surface area contributed by atoms with Gasteiger partial charge in [0.05, 0.1) is 0 Å². The van der Waals surface area contributed by atoms with Crippen LogP contribution >= 0.6 is 0 Å². The molecule has 0 radical (unpaired) electrons. The minimum atomic E-state index is 0.0840. The van der Waals surface area contributed by atoms with Crippen LogP contribution in [-0.2, 0) is 0 Å². The molecule has 2 heterocycles. The van der Waals surface area contributed by atoms with Gasteiger partial charge in [-0.15, -0.1) is 0 Å². The molecule has 1 amide bonds. The zero-order valence-corrected chi connectivity index (χ0v) is 13.3. The summed E-state index contributed by atoms with van der Waals surface area (Å²) in [5, 5.41) is 3.36. The summed E-state index contributed by atoms with van der Waals surface area (Å²) >= 11 is 0. The molecule has 1 aromatic rings. The Morgan fingerprint density at radius 3 is 3.05 bits per heavy atom. The highest BCUT2D eigenvalue weighted by atomic mass is 16.2. The molecule has 4 nitrogen and oxygen atoms in total. The minimum absolute atomic E-state index is 0.0840. The molecule has 0 spiro atoms. The number of nitrogens with zero attached hydrogens (tertiary/aromatic N) is 2. The molecule has 0 aromatic carbocycles. The van der Waals surface area contributed by atoms with Gasteiger partial charge >= 0.3 is 0 Å². The quantitative estimate of drug-likeness (QED) is 0.812. The second-order valence-electron chi connectivity index (χ2n) is 5.77. The summed E-state index contributed by atoms with van der Waals surface area (Å²) in [6, 6.07) is 4.20. The van der Waals surface area contributed by atoms with E-state index >= 15 is 0 Å². The van der Waals surface area contributed by atoms with Crippen LogP contribution in [0.25, 0.3) is 0 Å². The number of hydrogen-bond donors (Lipinski definition) is 1. The van der Waals surface area contributed by atoms with Crippen molar-refractivity contribution in [3.63, 3.8) is 0 Å². The molecule has 1 unspecified atom stereocenters. The normalized spacial score (nSPS) is 18.6. The molecule has 1 N–H and O–H groups in total. The van der Waals surface area contributed by atoms with E-state index in [1.54, 1.807) is 6.20 Å². The van der Waals surface area contributed by atoms with E-state index in [0.717, 1.165) is 50.9 Å². The standard InChI is InChI=1S/C17H27N3O/c1-3-5-10-18-14-9-11-19-16(13-14)17(21)20-12-7-6-8-15(20)4-2/h9,11,13,15H,3-8,10,12H2,1-2H3,(H,18,19). The van der Waals surface area contributed by atoms with Crippen molar-refractivity contribution < 1.29 is 4.79 Å². The van der Waals surface area contributed by atoms with Gasteiger partial charge in [-0.2, -0.15) is 0 Å². The molecule has 0 saturated carbocycles. The lowest BCUT2D eigenvalue weighted by Crippen LogP contribution is -2.43. The first-order valence-corrected chi connectivity index (χ1v) is 8.27. The number of aromatic nitrogens is 1. The maximum atomic E-state index is 12.7. The van der Waals surface area contributed by atoms with Crippen LogP contribution in [0.1, 0.15) is 62.9 Å².